The van der Waals surface area contributed by atoms with Gasteiger partial charge in [-0.2, -0.15) is 5.10 Å². The van der Waals surface area contributed by atoms with Crippen LogP contribution in [0.3, 0.4) is 0 Å². The van der Waals surface area contributed by atoms with Gasteiger partial charge in [-0.3, -0.25) is 0 Å². The molecule has 1 heterocycles. The molecule has 102 valence electrons. The molecule has 0 aliphatic rings. The Morgan fingerprint density at radius 2 is 1.65 bits per heavy atom. The molecule has 0 aliphatic heterocycles. The Morgan fingerprint density at radius 3 is 2.05 bits per heavy atom. The standard InChI is InChI=1S/C13H15Cl2N3O.Li/c1-13(2,3)18-11(16)10(12(19)17-18)9-7(14)5-4-6-8(9)15;/h4-6H,16H2,1-3H3,(H,17,19);/q;+1/p-1. The Morgan fingerprint density at radius 1 is 1.15 bits per heavy atom. The van der Waals surface area contributed by atoms with E-state index in [0.717, 1.165) is 0 Å². The molecule has 4 nitrogen and oxygen atoms in total. The van der Waals surface area contributed by atoms with Crippen LogP contribution in [-0.2, 0) is 5.54 Å². The number of rotatable bonds is 1. The van der Waals surface area contributed by atoms with Crippen LogP contribution in [0.25, 0.3) is 11.1 Å². The molecule has 2 rings (SSSR count). The first-order valence-corrected chi connectivity index (χ1v) is 6.49. The fraction of sp³-hybridized carbons (Fsp3) is 0.308. The summed E-state index contributed by atoms with van der Waals surface area (Å²) in [5.74, 6) is -0.157. The molecule has 0 aliphatic carbocycles. The van der Waals surface area contributed by atoms with E-state index < -0.39 is 11.4 Å². The monoisotopic (exact) mass is 305 g/mol. The zero-order valence-corrected chi connectivity index (χ0v) is 13.4. The molecule has 0 saturated heterocycles. The summed E-state index contributed by atoms with van der Waals surface area (Å²) in [5.41, 5.74) is 6.34. The van der Waals surface area contributed by atoms with Gasteiger partial charge in [0.05, 0.1) is 15.6 Å². The minimum absolute atomic E-state index is 0. The molecule has 7 heteroatoms. The molecule has 2 aromatic rings. The summed E-state index contributed by atoms with van der Waals surface area (Å²) < 4.78 is 1.49. The van der Waals surface area contributed by atoms with E-state index >= 15 is 0 Å². The van der Waals surface area contributed by atoms with E-state index in [2.05, 4.69) is 5.10 Å². The second-order valence-corrected chi connectivity index (χ2v) is 6.06. The van der Waals surface area contributed by atoms with E-state index in [9.17, 15) is 5.11 Å². The number of nitrogens with two attached hydrogens (primary N) is 1. The molecule has 0 unspecified atom stereocenters. The van der Waals surface area contributed by atoms with Crippen LogP contribution >= 0.6 is 23.2 Å². The van der Waals surface area contributed by atoms with Gasteiger partial charge in [-0.15, -0.1) is 0 Å². The first kappa shape index (κ1) is 17.3. The zero-order valence-electron chi connectivity index (χ0n) is 11.9. The average molecular weight is 306 g/mol. The van der Waals surface area contributed by atoms with Crippen LogP contribution in [0.4, 0.5) is 5.82 Å². The van der Waals surface area contributed by atoms with Crippen molar-refractivity contribution in [2.45, 2.75) is 26.3 Å². The third kappa shape index (κ3) is 2.94. The molecular weight excluding hydrogens is 292 g/mol. The maximum Gasteiger partial charge on any atom is 1.00 e. The Hall–Kier alpha value is -0.793. The fourth-order valence-corrected chi connectivity index (χ4v) is 2.48. The molecule has 0 spiro atoms. The molecule has 1 aromatic heterocycles. The largest absolute Gasteiger partial charge is 1.00 e. The summed E-state index contributed by atoms with van der Waals surface area (Å²) in [6.45, 7) is 5.73. The molecule has 20 heavy (non-hydrogen) atoms. The van der Waals surface area contributed by atoms with E-state index in [1.165, 1.54) is 4.68 Å². The van der Waals surface area contributed by atoms with E-state index in [0.29, 0.717) is 15.6 Å². The minimum Gasteiger partial charge on any atom is -0.857 e. The number of hydrogen-bond acceptors (Lipinski definition) is 3. The van der Waals surface area contributed by atoms with Crippen LogP contribution in [0.1, 0.15) is 20.8 Å². The summed E-state index contributed by atoms with van der Waals surface area (Å²) in [6.07, 6.45) is 0. The fourth-order valence-electron chi connectivity index (χ4n) is 1.89. The van der Waals surface area contributed by atoms with Gasteiger partial charge in [-0.05, 0) is 32.9 Å². The van der Waals surface area contributed by atoms with Crippen molar-refractivity contribution in [2.75, 3.05) is 5.73 Å². The van der Waals surface area contributed by atoms with Crippen LogP contribution < -0.4 is 29.7 Å². The molecular formula is C13H14Cl2LiN3O. The number of nitrogen functional groups attached to an aromatic ring is 1. The minimum atomic E-state index is -0.428. The van der Waals surface area contributed by atoms with Crippen LogP contribution in [0.15, 0.2) is 18.2 Å². The summed E-state index contributed by atoms with van der Waals surface area (Å²) in [4.78, 5) is 0. The summed E-state index contributed by atoms with van der Waals surface area (Å²) in [5, 5.41) is 16.8. The van der Waals surface area contributed by atoms with E-state index in [4.69, 9.17) is 28.9 Å². The van der Waals surface area contributed by atoms with Crippen molar-refractivity contribution in [3.63, 3.8) is 0 Å². The summed E-state index contributed by atoms with van der Waals surface area (Å²) in [6, 6.07) is 5.04. The van der Waals surface area contributed by atoms with Crippen molar-refractivity contribution < 1.29 is 24.0 Å². The van der Waals surface area contributed by atoms with Gasteiger partial charge in [0.2, 0.25) is 0 Å². The van der Waals surface area contributed by atoms with Gasteiger partial charge in [0.25, 0.3) is 0 Å². The van der Waals surface area contributed by atoms with E-state index in [-0.39, 0.29) is 30.2 Å². The van der Waals surface area contributed by atoms with Crippen molar-refractivity contribution in [1.29, 1.82) is 0 Å². The third-order valence-corrected chi connectivity index (χ3v) is 3.37. The van der Waals surface area contributed by atoms with Crippen molar-refractivity contribution in [3.8, 4) is 17.0 Å². The van der Waals surface area contributed by atoms with E-state index in [1.54, 1.807) is 18.2 Å². The molecule has 0 radical (unpaired) electrons. The van der Waals surface area contributed by atoms with E-state index in [1.807, 2.05) is 20.8 Å². The second kappa shape index (κ2) is 5.91. The predicted molar refractivity (Wildman–Crippen MR) is 76.5 cm³/mol. The maximum atomic E-state index is 12.1. The first-order valence-electron chi connectivity index (χ1n) is 5.74. The number of anilines is 1. The van der Waals surface area contributed by atoms with Gasteiger partial charge in [0, 0.05) is 17.0 Å². The molecule has 0 amide bonds. The summed E-state index contributed by atoms with van der Waals surface area (Å²) in [7, 11) is 0. The predicted octanol–water partition coefficient (Wildman–Crippen LogP) is 0.272. The third-order valence-electron chi connectivity index (χ3n) is 2.74. The second-order valence-electron chi connectivity index (χ2n) is 5.24. The number of halogens is 2. The van der Waals surface area contributed by atoms with Gasteiger partial charge in [0.1, 0.15) is 5.82 Å². The van der Waals surface area contributed by atoms with Crippen LogP contribution in [0, 0.1) is 0 Å². The van der Waals surface area contributed by atoms with Crippen LogP contribution in [0.5, 0.6) is 5.88 Å². The van der Waals surface area contributed by atoms with Gasteiger partial charge in [-0.25, -0.2) is 4.68 Å². The molecule has 0 fully saturated rings. The van der Waals surface area contributed by atoms with Crippen molar-refractivity contribution in [3.05, 3.63) is 28.2 Å². The number of hydrogen-bond donors (Lipinski definition) is 1. The van der Waals surface area contributed by atoms with Gasteiger partial charge in [-0.1, -0.05) is 29.3 Å². The number of aromatic nitrogens is 2. The van der Waals surface area contributed by atoms with Crippen molar-refractivity contribution >= 4 is 29.0 Å². The maximum absolute atomic E-state index is 12.1. The van der Waals surface area contributed by atoms with Gasteiger partial charge in [0.15, 0.2) is 0 Å². The molecule has 0 saturated carbocycles. The average Bonchev–Trinajstić information content (AvgIpc) is 2.56. The summed E-state index contributed by atoms with van der Waals surface area (Å²) >= 11 is 12.2. The van der Waals surface area contributed by atoms with Gasteiger partial charge < -0.3 is 10.8 Å². The quantitative estimate of drug-likeness (QED) is 0.769. The van der Waals surface area contributed by atoms with Gasteiger partial charge >= 0.3 is 18.9 Å². The Bertz CT molecular complexity index is 615. The Balaban J connectivity index is 0.00000200. The molecule has 0 bridgehead atoms. The van der Waals surface area contributed by atoms with Crippen molar-refractivity contribution in [1.82, 2.24) is 9.78 Å². The molecule has 2 N–H and O–H groups in total. The Labute approximate surface area is 140 Å². The first-order chi connectivity index (χ1) is 8.73. The SMILES string of the molecule is CC(C)(C)n1nc([O-])c(-c2c(Cl)cccc2Cl)c1N.[Li+]. The molecule has 0 atom stereocenters. The zero-order chi connectivity index (χ0) is 14.4. The number of nitrogens with zero attached hydrogens (tertiary/aromatic N) is 2. The Kier molecular flexibility index (Phi) is 5.10. The smallest absolute Gasteiger partial charge is 0.857 e. The topological polar surface area (TPSA) is 66.9 Å². The van der Waals surface area contributed by atoms with Crippen LogP contribution in [-0.4, -0.2) is 9.78 Å². The molecule has 1 aromatic carbocycles. The normalized spacial score (nSPS) is 11.2. The van der Waals surface area contributed by atoms with Crippen molar-refractivity contribution in [2.24, 2.45) is 0 Å². The number of benzene rings is 1. The van der Waals surface area contributed by atoms with Crippen LogP contribution in [0.2, 0.25) is 10.0 Å².